The molecule has 0 amide bonds. The maximum atomic E-state index is 9.32. The Bertz CT molecular complexity index is 77.0. The van der Waals surface area contributed by atoms with Crippen molar-refractivity contribution in [1.29, 1.82) is 0 Å². The van der Waals surface area contributed by atoms with Crippen LogP contribution in [0.3, 0.4) is 0 Å². The molecule has 1 unspecified atom stereocenters. The zero-order valence-corrected chi connectivity index (χ0v) is 7.88. The summed E-state index contributed by atoms with van der Waals surface area (Å²) in [5.74, 6) is 0. The molecule has 1 rings (SSSR count). The van der Waals surface area contributed by atoms with Crippen LogP contribution < -0.4 is 0 Å². The molecule has 1 aliphatic rings. The van der Waals surface area contributed by atoms with E-state index in [1.54, 1.807) is 0 Å². The molecule has 1 nitrogen and oxygen atoms in total. The van der Waals surface area contributed by atoms with Crippen molar-refractivity contribution in [3.63, 3.8) is 0 Å². The molecule has 1 N–H and O–H groups in total. The third kappa shape index (κ3) is 2.31. The minimum atomic E-state index is -1.31. The fraction of sp³-hybridized carbons (Fsp3) is 1.00. The molecule has 0 heterocycles. The Labute approximate surface area is 62.1 Å². The monoisotopic (exact) mass is 190 g/mol. The van der Waals surface area contributed by atoms with Gasteiger partial charge in [-0.25, -0.2) is 0 Å². The molecule has 2 heteroatoms. The summed E-state index contributed by atoms with van der Waals surface area (Å²) in [6.45, 7) is 0. The van der Waals surface area contributed by atoms with Crippen LogP contribution in [0.2, 0.25) is 10.4 Å². The van der Waals surface area contributed by atoms with E-state index in [1.165, 1.54) is 32.1 Å². The molecule has 54 valence electrons. The molecule has 0 bridgehead atoms. The van der Waals surface area contributed by atoms with E-state index >= 15 is 0 Å². The molecule has 9 heavy (non-hydrogen) atoms. The fourth-order valence-corrected chi connectivity index (χ4v) is 3.79. The first-order valence-corrected chi connectivity index (χ1v) is 7.52. The van der Waals surface area contributed by atoms with Gasteiger partial charge in [0.15, 0.2) is 0 Å². The zero-order valence-electron chi connectivity index (χ0n) is 6.01. The van der Waals surface area contributed by atoms with E-state index in [1.807, 2.05) is 0 Å². The van der Waals surface area contributed by atoms with Gasteiger partial charge in [0.25, 0.3) is 0 Å². The standard InChI is InChI=1S/C7H15AsO/c1-8(9)7-5-3-2-4-6-7/h7,9H,2-6H2,1H3. The summed E-state index contributed by atoms with van der Waals surface area (Å²) in [5.41, 5.74) is 2.06. The first kappa shape index (κ1) is 7.62. The summed E-state index contributed by atoms with van der Waals surface area (Å²) in [5, 5.41) is 0. The van der Waals surface area contributed by atoms with E-state index in [0.29, 0.717) is 0 Å². The predicted octanol–water partition coefficient (Wildman–Crippen LogP) is 1.93. The molecular weight excluding hydrogens is 175 g/mol. The van der Waals surface area contributed by atoms with Crippen LogP contribution >= 0.6 is 0 Å². The fourth-order valence-electron chi connectivity index (χ4n) is 1.45. The Balaban J connectivity index is 2.23. The van der Waals surface area contributed by atoms with Crippen molar-refractivity contribution in [1.82, 2.24) is 0 Å². The Kier molecular flexibility index (Phi) is 3.07. The van der Waals surface area contributed by atoms with Crippen LogP contribution in [-0.4, -0.2) is 19.1 Å². The SMILES string of the molecule is C[As](O)C1CCCCC1. The van der Waals surface area contributed by atoms with Gasteiger partial charge in [-0.2, -0.15) is 0 Å². The van der Waals surface area contributed by atoms with E-state index < -0.39 is 15.0 Å². The number of hydrogen-bond acceptors (Lipinski definition) is 1. The molecule has 1 aliphatic carbocycles. The second-order valence-electron chi connectivity index (χ2n) is 2.87. The Morgan fingerprint density at radius 2 is 1.78 bits per heavy atom. The van der Waals surface area contributed by atoms with Crippen LogP contribution in [0.1, 0.15) is 32.1 Å². The van der Waals surface area contributed by atoms with Gasteiger partial charge in [0.05, 0.1) is 0 Å². The van der Waals surface area contributed by atoms with Gasteiger partial charge in [0.1, 0.15) is 0 Å². The second kappa shape index (κ2) is 3.63. The van der Waals surface area contributed by atoms with Crippen LogP contribution in [0.4, 0.5) is 0 Å². The van der Waals surface area contributed by atoms with Crippen molar-refractivity contribution in [3.8, 4) is 0 Å². The Hall–Kier alpha value is 0.518. The van der Waals surface area contributed by atoms with Gasteiger partial charge >= 0.3 is 61.6 Å². The summed E-state index contributed by atoms with van der Waals surface area (Å²) in [7, 11) is 0. The summed E-state index contributed by atoms with van der Waals surface area (Å²) in [6, 6.07) is 0. The average Bonchev–Trinajstić information content (AvgIpc) is 1.90. The van der Waals surface area contributed by atoms with E-state index in [-0.39, 0.29) is 0 Å². The summed E-state index contributed by atoms with van der Waals surface area (Å²) in [4.78, 5) is 0. The Morgan fingerprint density at radius 3 is 2.11 bits per heavy atom. The summed E-state index contributed by atoms with van der Waals surface area (Å²) in [6.07, 6.45) is 6.76. The van der Waals surface area contributed by atoms with Crippen molar-refractivity contribution in [2.75, 3.05) is 0 Å². The normalized spacial score (nSPS) is 26.0. The third-order valence-corrected chi connectivity index (χ3v) is 5.40. The maximum absolute atomic E-state index is 9.32. The van der Waals surface area contributed by atoms with Crippen LogP contribution in [0, 0.1) is 0 Å². The molecule has 0 aliphatic heterocycles. The second-order valence-corrected chi connectivity index (χ2v) is 6.80. The molecule has 0 spiro atoms. The van der Waals surface area contributed by atoms with Crippen molar-refractivity contribution >= 4 is 15.0 Å². The van der Waals surface area contributed by atoms with Crippen LogP contribution in [0.15, 0.2) is 0 Å². The topological polar surface area (TPSA) is 20.2 Å². The molecule has 0 radical (unpaired) electrons. The van der Waals surface area contributed by atoms with Crippen LogP contribution in [-0.2, 0) is 0 Å². The van der Waals surface area contributed by atoms with E-state index in [4.69, 9.17) is 0 Å². The van der Waals surface area contributed by atoms with Gasteiger partial charge in [-0.15, -0.1) is 0 Å². The average molecular weight is 190 g/mol. The number of rotatable bonds is 1. The van der Waals surface area contributed by atoms with Crippen LogP contribution in [0.5, 0.6) is 0 Å². The molecule has 0 aromatic rings. The van der Waals surface area contributed by atoms with Gasteiger partial charge in [0.2, 0.25) is 0 Å². The molecule has 0 aromatic carbocycles. The molecule has 0 saturated heterocycles. The Morgan fingerprint density at radius 1 is 1.22 bits per heavy atom. The van der Waals surface area contributed by atoms with Gasteiger partial charge in [-0.3, -0.25) is 0 Å². The number of hydrogen-bond donors (Lipinski definition) is 1. The summed E-state index contributed by atoms with van der Waals surface area (Å²) < 4.78 is 10.1. The van der Waals surface area contributed by atoms with Crippen molar-refractivity contribution in [3.05, 3.63) is 0 Å². The predicted molar refractivity (Wildman–Crippen MR) is 40.7 cm³/mol. The zero-order chi connectivity index (χ0) is 6.69. The van der Waals surface area contributed by atoms with E-state index in [2.05, 4.69) is 5.71 Å². The van der Waals surface area contributed by atoms with Crippen LogP contribution in [0.25, 0.3) is 0 Å². The quantitative estimate of drug-likeness (QED) is 0.626. The first-order valence-electron chi connectivity index (χ1n) is 3.72. The van der Waals surface area contributed by atoms with Gasteiger partial charge in [-0.05, 0) is 0 Å². The molecule has 1 atom stereocenters. The third-order valence-electron chi connectivity index (χ3n) is 2.10. The van der Waals surface area contributed by atoms with Gasteiger partial charge < -0.3 is 0 Å². The van der Waals surface area contributed by atoms with E-state index in [9.17, 15) is 4.10 Å². The van der Waals surface area contributed by atoms with Gasteiger partial charge in [-0.1, -0.05) is 0 Å². The molecule has 1 saturated carbocycles. The minimum absolute atomic E-state index is 0.756. The summed E-state index contributed by atoms with van der Waals surface area (Å²) >= 11 is -1.31. The van der Waals surface area contributed by atoms with Crippen molar-refractivity contribution in [2.24, 2.45) is 0 Å². The van der Waals surface area contributed by atoms with Gasteiger partial charge in [0, 0.05) is 0 Å². The van der Waals surface area contributed by atoms with Crippen molar-refractivity contribution < 1.29 is 4.10 Å². The molecule has 1 fully saturated rings. The molecular formula is C7H15AsO. The van der Waals surface area contributed by atoms with E-state index in [0.717, 1.165) is 4.71 Å². The van der Waals surface area contributed by atoms with Crippen molar-refractivity contribution in [2.45, 2.75) is 42.5 Å². The first-order chi connectivity index (χ1) is 4.30. The molecule has 0 aromatic heterocycles.